The van der Waals surface area contributed by atoms with Crippen LogP contribution in [0.1, 0.15) is 37.0 Å². The van der Waals surface area contributed by atoms with Crippen LogP contribution in [0, 0.1) is 0 Å². The number of aliphatic hydroxyl groups excluding tert-OH is 1. The van der Waals surface area contributed by atoms with Crippen molar-refractivity contribution in [3.05, 3.63) is 35.4 Å². The molecule has 0 heterocycles. The fourth-order valence-corrected chi connectivity index (χ4v) is 1.50. The van der Waals surface area contributed by atoms with Crippen molar-refractivity contribution >= 4 is 0 Å². The Bertz CT molecular complexity index is 271. The predicted octanol–water partition coefficient (Wildman–Crippen LogP) is 2.67. The molecule has 1 aromatic carbocycles. The van der Waals surface area contributed by atoms with Crippen LogP contribution in [0.25, 0.3) is 0 Å². The molecule has 1 unspecified atom stereocenters. The van der Waals surface area contributed by atoms with Crippen LogP contribution >= 0.6 is 0 Å². The molecule has 1 rings (SSSR count). The van der Waals surface area contributed by atoms with Gasteiger partial charge in [0.15, 0.2) is 0 Å². The molecule has 0 aliphatic heterocycles. The predicted molar refractivity (Wildman–Crippen MR) is 57.0 cm³/mol. The maximum absolute atomic E-state index is 9.77. The zero-order valence-electron chi connectivity index (χ0n) is 8.86. The summed E-state index contributed by atoms with van der Waals surface area (Å²) in [4.78, 5) is 0. The van der Waals surface area contributed by atoms with E-state index in [4.69, 9.17) is 4.74 Å². The summed E-state index contributed by atoms with van der Waals surface area (Å²) in [6.45, 7) is 2.68. The molecule has 2 heteroatoms. The molecule has 1 aromatic rings. The van der Waals surface area contributed by atoms with Crippen molar-refractivity contribution in [1.29, 1.82) is 0 Å². The smallest absolute Gasteiger partial charge is 0.0790 e. The zero-order valence-corrected chi connectivity index (χ0v) is 8.86. The fourth-order valence-electron chi connectivity index (χ4n) is 1.50. The van der Waals surface area contributed by atoms with Crippen molar-refractivity contribution in [1.82, 2.24) is 0 Å². The fraction of sp³-hybridized carbons (Fsp3) is 0.500. The minimum absolute atomic E-state index is 0.336. The highest BCUT2D eigenvalue weighted by atomic mass is 16.5. The maximum atomic E-state index is 9.77. The van der Waals surface area contributed by atoms with E-state index in [1.54, 1.807) is 7.11 Å². The summed E-state index contributed by atoms with van der Waals surface area (Å²) in [7, 11) is 1.68. The monoisotopic (exact) mass is 194 g/mol. The van der Waals surface area contributed by atoms with E-state index in [2.05, 4.69) is 6.92 Å². The van der Waals surface area contributed by atoms with E-state index in [1.807, 2.05) is 24.3 Å². The van der Waals surface area contributed by atoms with Crippen molar-refractivity contribution in [3.63, 3.8) is 0 Å². The molecule has 78 valence electrons. The molecule has 0 bridgehead atoms. The molecule has 1 N–H and O–H groups in total. The Morgan fingerprint density at radius 1 is 1.43 bits per heavy atom. The van der Waals surface area contributed by atoms with Gasteiger partial charge in [0, 0.05) is 7.11 Å². The quantitative estimate of drug-likeness (QED) is 0.780. The van der Waals surface area contributed by atoms with E-state index in [1.165, 1.54) is 0 Å². The lowest BCUT2D eigenvalue weighted by molar-refractivity contribution is 0.165. The van der Waals surface area contributed by atoms with Crippen LogP contribution in [0.2, 0.25) is 0 Å². The summed E-state index contributed by atoms with van der Waals surface area (Å²) in [5.41, 5.74) is 2.10. The lowest BCUT2D eigenvalue weighted by Gasteiger charge is -2.10. The van der Waals surface area contributed by atoms with E-state index in [0.29, 0.717) is 6.61 Å². The number of hydrogen-bond acceptors (Lipinski definition) is 2. The third-order valence-electron chi connectivity index (χ3n) is 2.21. The van der Waals surface area contributed by atoms with Crippen LogP contribution in [0.15, 0.2) is 24.3 Å². The van der Waals surface area contributed by atoms with Crippen LogP contribution in [-0.4, -0.2) is 12.2 Å². The van der Waals surface area contributed by atoms with Crippen LogP contribution in [0.3, 0.4) is 0 Å². The normalized spacial score (nSPS) is 12.8. The van der Waals surface area contributed by atoms with E-state index in [-0.39, 0.29) is 6.10 Å². The first-order chi connectivity index (χ1) is 6.77. The molecule has 0 radical (unpaired) electrons. The lowest BCUT2D eigenvalue weighted by atomic mass is 10.0. The van der Waals surface area contributed by atoms with Crippen molar-refractivity contribution in [3.8, 4) is 0 Å². The molecule has 0 saturated carbocycles. The number of hydrogen-bond donors (Lipinski definition) is 1. The number of benzene rings is 1. The molecule has 0 aromatic heterocycles. The summed E-state index contributed by atoms with van der Waals surface area (Å²) < 4.78 is 5.04. The van der Waals surface area contributed by atoms with Gasteiger partial charge in [0.05, 0.1) is 12.7 Å². The third-order valence-corrected chi connectivity index (χ3v) is 2.21. The van der Waals surface area contributed by atoms with Gasteiger partial charge in [0.2, 0.25) is 0 Å². The van der Waals surface area contributed by atoms with Crippen LogP contribution in [0.4, 0.5) is 0 Å². The van der Waals surface area contributed by atoms with Gasteiger partial charge < -0.3 is 9.84 Å². The zero-order chi connectivity index (χ0) is 10.4. The maximum Gasteiger partial charge on any atom is 0.0790 e. The molecule has 0 fully saturated rings. The Labute approximate surface area is 85.5 Å². The second kappa shape index (κ2) is 5.78. The van der Waals surface area contributed by atoms with Gasteiger partial charge in [-0.05, 0) is 17.5 Å². The number of rotatable bonds is 5. The van der Waals surface area contributed by atoms with Gasteiger partial charge in [-0.1, -0.05) is 37.6 Å². The SMILES string of the molecule is CCCC(O)c1cccc(COC)c1. The second-order valence-electron chi connectivity index (χ2n) is 3.48. The molecule has 0 amide bonds. The first-order valence-corrected chi connectivity index (χ1v) is 5.03. The minimum Gasteiger partial charge on any atom is -0.388 e. The van der Waals surface area contributed by atoms with E-state index >= 15 is 0 Å². The molecular weight excluding hydrogens is 176 g/mol. The largest absolute Gasteiger partial charge is 0.388 e. The summed E-state index contributed by atoms with van der Waals surface area (Å²) in [5, 5.41) is 9.77. The van der Waals surface area contributed by atoms with Gasteiger partial charge in [-0.25, -0.2) is 0 Å². The highest BCUT2D eigenvalue weighted by Crippen LogP contribution is 2.19. The summed E-state index contributed by atoms with van der Waals surface area (Å²) in [5.74, 6) is 0. The number of methoxy groups -OCH3 is 1. The first-order valence-electron chi connectivity index (χ1n) is 5.03. The third kappa shape index (κ3) is 3.13. The van der Waals surface area contributed by atoms with Crippen LogP contribution < -0.4 is 0 Å². The second-order valence-corrected chi connectivity index (χ2v) is 3.48. The van der Waals surface area contributed by atoms with Gasteiger partial charge in [-0.15, -0.1) is 0 Å². The van der Waals surface area contributed by atoms with Gasteiger partial charge >= 0.3 is 0 Å². The van der Waals surface area contributed by atoms with Crippen molar-refractivity contribution < 1.29 is 9.84 Å². The number of aliphatic hydroxyl groups is 1. The Morgan fingerprint density at radius 2 is 2.21 bits per heavy atom. The molecule has 0 spiro atoms. The van der Waals surface area contributed by atoms with E-state index in [9.17, 15) is 5.11 Å². The summed E-state index contributed by atoms with van der Waals surface area (Å²) in [6, 6.07) is 7.93. The minimum atomic E-state index is -0.336. The van der Waals surface area contributed by atoms with Crippen molar-refractivity contribution in [2.75, 3.05) is 7.11 Å². The van der Waals surface area contributed by atoms with E-state index in [0.717, 1.165) is 24.0 Å². The standard InChI is InChI=1S/C12H18O2/c1-3-5-12(13)11-7-4-6-10(8-11)9-14-2/h4,6-8,12-13H,3,5,9H2,1-2H3. The number of ether oxygens (including phenoxy) is 1. The summed E-state index contributed by atoms with van der Waals surface area (Å²) >= 11 is 0. The van der Waals surface area contributed by atoms with Crippen LogP contribution in [-0.2, 0) is 11.3 Å². The van der Waals surface area contributed by atoms with Crippen molar-refractivity contribution in [2.24, 2.45) is 0 Å². The Kier molecular flexibility index (Phi) is 4.63. The molecule has 0 aliphatic carbocycles. The first kappa shape index (κ1) is 11.2. The topological polar surface area (TPSA) is 29.5 Å². The molecule has 2 nitrogen and oxygen atoms in total. The Hall–Kier alpha value is -0.860. The highest BCUT2D eigenvalue weighted by Gasteiger charge is 2.06. The van der Waals surface area contributed by atoms with Gasteiger partial charge in [0.1, 0.15) is 0 Å². The molecular formula is C12H18O2. The Balaban J connectivity index is 2.71. The van der Waals surface area contributed by atoms with Crippen LogP contribution in [0.5, 0.6) is 0 Å². The average Bonchev–Trinajstić information content (AvgIpc) is 2.19. The molecule has 0 saturated heterocycles. The highest BCUT2D eigenvalue weighted by molar-refractivity contribution is 5.24. The van der Waals surface area contributed by atoms with Gasteiger partial charge in [-0.3, -0.25) is 0 Å². The van der Waals surface area contributed by atoms with E-state index < -0.39 is 0 Å². The lowest BCUT2D eigenvalue weighted by Crippen LogP contribution is -1.98. The molecule has 14 heavy (non-hydrogen) atoms. The van der Waals surface area contributed by atoms with Crippen molar-refractivity contribution in [2.45, 2.75) is 32.5 Å². The van der Waals surface area contributed by atoms with Gasteiger partial charge in [-0.2, -0.15) is 0 Å². The summed E-state index contributed by atoms with van der Waals surface area (Å²) in [6.07, 6.45) is 1.48. The molecule has 0 aliphatic rings. The Morgan fingerprint density at radius 3 is 2.86 bits per heavy atom. The molecule has 1 atom stereocenters. The average molecular weight is 194 g/mol. The van der Waals surface area contributed by atoms with Gasteiger partial charge in [0.25, 0.3) is 0 Å².